The van der Waals surface area contributed by atoms with Gasteiger partial charge in [-0.25, -0.2) is 32.7 Å². The molecule has 0 atom stereocenters. The first kappa shape index (κ1) is 28.4. The zero-order chi connectivity index (χ0) is 25.4. The predicted octanol–water partition coefficient (Wildman–Crippen LogP) is 3.98. The van der Waals surface area contributed by atoms with Gasteiger partial charge in [0.15, 0.2) is 10.1 Å². The van der Waals surface area contributed by atoms with E-state index in [1.165, 1.54) is 23.9 Å². The Labute approximate surface area is 201 Å². The van der Waals surface area contributed by atoms with Crippen LogP contribution in [0.2, 0.25) is 0 Å². The lowest BCUT2D eigenvalue weighted by Crippen LogP contribution is -2.27. The van der Waals surface area contributed by atoms with E-state index in [0.717, 1.165) is 17.6 Å². The monoisotopic (exact) mass is 518 g/mol. The van der Waals surface area contributed by atoms with E-state index in [2.05, 4.69) is 24.9 Å². The normalized spacial score (nSPS) is 11.0. The molecule has 0 aromatic carbocycles. The van der Waals surface area contributed by atoms with Gasteiger partial charge in [0, 0.05) is 36.2 Å². The maximum absolute atomic E-state index is 11.8. The minimum Gasteiger partial charge on any atom is -0.443 e. The summed E-state index contributed by atoms with van der Waals surface area (Å²) in [5.41, 5.74) is -0.554. The number of ether oxygens (including phenoxy) is 1. The van der Waals surface area contributed by atoms with Crippen molar-refractivity contribution in [3.63, 3.8) is 0 Å². The van der Waals surface area contributed by atoms with Gasteiger partial charge in [-0.1, -0.05) is 0 Å². The molecule has 3 heterocycles. The van der Waals surface area contributed by atoms with Gasteiger partial charge in [0.05, 0.1) is 6.20 Å². The van der Waals surface area contributed by atoms with E-state index in [9.17, 15) is 18.0 Å². The zero-order valence-corrected chi connectivity index (χ0v) is 21.7. The second kappa shape index (κ2) is 12.0. The van der Waals surface area contributed by atoms with Crippen LogP contribution in [-0.4, -0.2) is 54.7 Å². The van der Waals surface area contributed by atoms with Crippen molar-refractivity contribution in [3.05, 3.63) is 42.3 Å². The summed E-state index contributed by atoms with van der Waals surface area (Å²) in [6.45, 7) is 12.1. The second-order valence-corrected chi connectivity index (χ2v) is 11.2. The Morgan fingerprint density at radius 3 is 2.12 bits per heavy atom. The highest BCUT2D eigenvalue weighted by atomic mass is 35.7. The number of carbonyl (C=O) groups excluding carboxylic acids is 2. The van der Waals surface area contributed by atoms with Gasteiger partial charge in [-0.05, 0) is 53.3 Å². The summed E-state index contributed by atoms with van der Waals surface area (Å²) in [6, 6.07) is 0. The van der Waals surface area contributed by atoms with Crippen molar-refractivity contribution in [3.8, 4) is 0 Å². The molecular weight excluding hydrogens is 492 g/mol. The van der Waals surface area contributed by atoms with Gasteiger partial charge in [0.2, 0.25) is 0 Å². The zero-order valence-electron chi connectivity index (χ0n) is 19.3. The number of aromatic nitrogens is 6. The first-order valence-corrected chi connectivity index (χ1v) is 12.6. The van der Waals surface area contributed by atoms with Crippen LogP contribution in [0, 0.1) is 20.8 Å². The molecule has 3 rings (SSSR count). The smallest absolute Gasteiger partial charge is 0.420 e. The largest absolute Gasteiger partial charge is 0.443 e. The molecule has 2 N–H and O–H groups in total. The van der Waals surface area contributed by atoms with Crippen LogP contribution < -0.4 is 0 Å². The van der Waals surface area contributed by atoms with Crippen LogP contribution in [0.4, 0.5) is 4.79 Å². The van der Waals surface area contributed by atoms with E-state index in [1.54, 1.807) is 47.0 Å². The van der Waals surface area contributed by atoms with Crippen molar-refractivity contribution in [2.24, 2.45) is 0 Å². The summed E-state index contributed by atoms with van der Waals surface area (Å²) in [6.07, 6.45) is 5.73. The molecule has 33 heavy (non-hydrogen) atoms. The fourth-order valence-electron chi connectivity index (χ4n) is 2.00. The molecule has 0 aliphatic carbocycles. The van der Waals surface area contributed by atoms with Crippen molar-refractivity contribution >= 4 is 42.7 Å². The van der Waals surface area contributed by atoms with Crippen LogP contribution in [0.3, 0.4) is 0 Å². The minimum absolute atomic E-state index is 0.0633. The number of imidazole rings is 3. The van der Waals surface area contributed by atoms with Gasteiger partial charge in [0.1, 0.15) is 28.1 Å². The maximum atomic E-state index is 11.8. The summed E-state index contributed by atoms with van der Waals surface area (Å²) in [5, 5.41) is 0.367. The average Bonchev–Trinajstić information content (AvgIpc) is 3.35. The Balaban J connectivity index is 0.000000284. The van der Waals surface area contributed by atoms with Gasteiger partial charge >= 0.3 is 6.09 Å². The number of nitrogens with one attached hydrogen (secondary N) is 2. The van der Waals surface area contributed by atoms with Crippen molar-refractivity contribution in [2.75, 3.05) is 0 Å². The maximum Gasteiger partial charge on any atom is 0.420 e. The van der Waals surface area contributed by atoms with E-state index in [-0.39, 0.29) is 10.1 Å². The number of carbonyl (C=O) groups is 2. The molecule has 182 valence electrons. The van der Waals surface area contributed by atoms with Crippen LogP contribution in [0.15, 0.2) is 34.8 Å². The number of hydrogen-bond donors (Lipinski definition) is 2. The number of thioether (sulfide) groups is 1. The Morgan fingerprint density at radius 1 is 1.15 bits per heavy atom. The molecule has 0 aliphatic heterocycles. The van der Waals surface area contributed by atoms with Gasteiger partial charge in [-0.15, -0.1) is 0 Å². The molecule has 0 unspecified atom stereocenters. The number of H-pyrrole nitrogens is 2. The van der Waals surface area contributed by atoms with Gasteiger partial charge in [0.25, 0.3) is 9.05 Å². The lowest BCUT2D eigenvalue weighted by Gasteiger charge is -2.19. The molecule has 0 bridgehead atoms. The molecule has 3 aromatic heterocycles. The molecule has 14 heteroatoms. The van der Waals surface area contributed by atoms with Crippen LogP contribution in [0.5, 0.6) is 0 Å². The Hall–Kier alpha value is -2.64. The van der Waals surface area contributed by atoms with Crippen molar-refractivity contribution in [2.45, 2.75) is 64.1 Å². The quantitative estimate of drug-likeness (QED) is 0.378. The van der Waals surface area contributed by atoms with Crippen molar-refractivity contribution < 1.29 is 22.7 Å². The molecule has 0 saturated carbocycles. The summed E-state index contributed by atoms with van der Waals surface area (Å²) in [5.74, 6) is 2.00. The summed E-state index contributed by atoms with van der Waals surface area (Å²) < 4.78 is 27.6. The Bertz CT molecular complexity index is 1160. The van der Waals surface area contributed by atoms with Gasteiger partial charge in [-0.3, -0.25) is 4.79 Å². The van der Waals surface area contributed by atoms with Crippen LogP contribution in [0.1, 0.15) is 45.2 Å². The third-order valence-electron chi connectivity index (χ3n) is 3.28. The predicted molar refractivity (Wildman–Crippen MR) is 125 cm³/mol. The third-order valence-corrected chi connectivity index (χ3v) is 5.20. The summed E-state index contributed by atoms with van der Waals surface area (Å²) in [7, 11) is 1.35. The molecule has 0 fully saturated rings. The highest BCUT2D eigenvalue weighted by Gasteiger charge is 2.20. The van der Waals surface area contributed by atoms with E-state index in [0.29, 0.717) is 16.7 Å². The highest BCUT2D eigenvalue weighted by Crippen LogP contribution is 2.19. The number of rotatable bonds is 2. The number of halogens is 1. The van der Waals surface area contributed by atoms with Gasteiger partial charge in [-0.2, -0.15) is 0 Å². The van der Waals surface area contributed by atoms with Crippen molar-refractivity contribution in [1.82, 2.24) is 29.5 Å². The van der Waals surface area contributed by atoms with Crippen LogP contribution >= 0.6 is 22.4 Å². The fraction of sp³-hybridized carbons (Fsp3) is 0.421. The lowest BCUT2D eigenvalue weighted by atomic mass is 10.2. The van der Waals surface area contributed by atoms with E-state index >= 15 is 0 Å². The van der Waals surface area contributed by atoms with Crippen LogP contribution in [-0.2, 0) is 18.6 Å². The van der Waals surface area contributed by atoms with Crippen molar-refractivity contribution in [1.29, 1.82) is 0 Å². The van der Waals surface area contributed by atoms with E-state index in [1.807, 2.05) is 6.92 Å². The Morgan fingerprint density at radius 2 is 1.79 bits per heavy atom. The van der Waals surface area contributed by atoms with Gasteiger partial charge < -0.3 is 14.7 Å². The second-order valence-electron chi connectivity index (χ2n) is 7.52. The molecule has 0 spiro atoms. The highest BCUT2D eigenvalue weighted by molar-refractivity contribution is 8.13. The topological polar surface area (TPSA) is 153 Å². The third kappa shape index (κ3) is 11.2. The first-order valence-electron chi connectivity index (χ1n) is 9.48. The molecule has 11 nitrogen and oxygen atoms in total. The molecule has 0 saturated heterocycles. The number of hydrogen-bond acceptors (Lipinski definition) is 9. The first-order chi connectivity index (χ1) is 15.1. The SMILES string of the molecule is CC(=O)Sc1cn(C(=O)OC(C)(C)C)c(C)n1.Cc1ncc(S(=O)(=O)Cl)[nH]1.Cc1ncc[nH]1. The average molecular weight is 519 g/mol. The molecule has 0 radical (unpaired) electrons. The number of nitrogens with zero attached hydrogens (tertiary/aromatic N) is 4. The molecule has 0 amide bonds. The molecular formula is C19H27ClN6O5S2. The standard InChI is InChI=1S/C11H16N2O3S.C4H5ClN2O2S.C4H6N2/c1-7-12-9(17-8(2)14)6-13(7)10(15)16-11(3,4)5;1-3-6-2-4(7-3)10(5,8)9;1-4-5-2-3-6-4/h6H,1-5H3;2H,1H3,(H,6,7);2-3H,1H3,(H,5,6). The molecule has 3 aromatic rings. The number of aryl methyl sites for hydroxylation is 3. The minimum atomic E-state index is -3.63. The summed E-state index contributed by atoms with van der Waals surface area (Å²) in [4.78, 5) is 39.7. The van der Waals surface area contributed by atoms with E-state index < -0.39 is 20.7 Å². The fourth-order valence-corrected chi connectivity index (χ4v) is 3.32. The summed E-state index contributed by atoms with van der Waals surface area (Å²) >= 11 is 0.990. The van der Waals surface area contributed by atoms with Crippen LogP contribution in [0.25, 0.3) is 0 Å². The Kier molecular flexibility index (Phi) is 10.3. The molecule has 0 aliphatic rings. The van der Waals surface area contributed by atoms with E-state index in [4.69, 9.17) is 15.4 Å². The number of aromatic amines is 2. The lowest BCUT2D eigenvalue weighted by molar-refractivity contribution is -0.109.